The van der Waals surface area contributed by atoms with E-state index in [0.717, 1.165) is 18.2 Å². The van der Waals surface area contributed by atoms with E-state index in [4.69, 9.17) is 5.10 Å². The van der Waals surface area contributed by atoms with Crippen molar-refractivity contribution in [2.45, 2.75) is 59.4 Å². The van der Waals surface area contributed by atoms with Crippen molar-refractivity contribution in [3.63, 3.8) is 0 Å². The Hall–Kier alpha value is -0.310. The highest BCUT2D eigenvalue weighted by Gasteiger charge is 2.26. The number of aromatic nitrogens is 2. The van der Waals surface area contributed by atoms with Gasteiger partial charge in [-0.25, -0.2) is 0 Å². The molecule has 0 aliphatic rings. The highest BCUT2D eigenvalue weighted by atomic mass is 79.9. The predicted octanol–water partition coefficient (Wildman–Crippen LogP) is 4.60. The molecule has 2 nitrogen and oxygen atoms in total. The van der Waals surface area contributed by atoms with Crippen LogP contribution >= 0.6 is 15.9 Å². The van der Waals surface area contributed by atoms with Crippen LogP contribution in [0.5, 0.6) is 0 Å². The van der Waals surface area contributed by atoms with Crippen LogP contribution in [0.25, 0.3) is 0 Å². The third-order valence-corrected chi connectivity index (χ3v) is 5.24. The van der Waals surface area contributed by atoms with Crippen LogP contribution in [0.4, 0.5) is 0 Å². The summed E-state index contributed by atoms with van der Waals surface area (Å²) in [6, 6.07) is 2.68. The lowest BCUT2D eigenvalue weighted by molar-refractivity contribution is 0.302. The molecule has 0 fully saturated rings. The molecule has 0 saturated carbocycles. The Bertz CT molecular complexity index is 320. The van der Waals surface area contributed by atoms with Gasteiger partial charge < -0.3 is 0 Å². The summed E-state index contributed by atoms with van der Waals surface area (Å²) in [6.45, 7) is 8.97. The minimum atomic E-state index is 0.370. The highest BCUT2D eigenvalue weighted by Crippen LogP contribution is 2.32. The van der Waals surface area contributed by atoms with Crippen molar-refractivity contribution in [1.29, 1.82) is 0 Å². The number of hydrogen-bond acceptors (Lipinski definition) is 1. The van der Waals surface area contributed by atoms with Gasteiger partial charge >= 0.3 is 0 Å². The van der Waals surface area contributed by atoms with Crippen LogP contribution in [0, 0.1) is 5.41 Å². The maximum Gasteiger partial charge on any atom is 0.0630 e. The minimum Gasteiger partial charge on any atom is -0.270 e. The average molecular weight is 301 g/mol. The van der Waals surface area contributed by atoms with Crippen molar-refractivity contribution in [2.75, 3.05) is 5.33 Å². The molecule has 0 amide bonds. The molecule has 17 heavy (non-hydrogen) atoms. The first-order chi connectivity index (χ1) is 8.10. The minimum absolute atomic E-state index is 0.370. The van der Waals surface area contributed by atoms with E-state index in [9.17, 15) is 0 Å². The molecule has 3 heteroatoms. The van der Waals surface area contributed by atoms with Gasteiger partial charge in [-0.2, -0.15) is 5.10 Å². The molecule has 0 aliphatic heterocycles. The molecule has 98 valence electrons. The van der Waals surface area contributed by atoms with Crippen LogP contribution in [0.3, 0.4) is 0 Å². The second kappa shape index (κ2) is 6.58. The molecule has 1 unspecified atom stereocenters. The summed E-state index contributed by atoms with van der Waals surface area (Å²) >= 11 is 3.67. The molecule has 1 aromatic rings. The zero-order valence-electron chi connectivity index (χ0n) is 11.5. The molecular weight excluding hydrogens is 276 g/mol. The first-order valence-corrected chi connectivity index (χ1v) is 7.83. The van der Waals surface area contributed by atoms with E-state index in [1.807, 2.05) is 0 Å². The number of alkyl halides is 1. The molecule has 1 aromatic heterocycles. The molecule has 0 saturated heterocycles. The van der Waals surface area contributed by atoms with Gasteiger partial charge in [0.25, 0.3) is 0 Å². The molecule has 1 atom stereocenters. The summed E-state index contributed by atoms with van der Waals surface area (Å²) in [5, 5.41) is 5.76. The maximum absolute atomic E-state index is 4.71. The van der Waals surface area contributed by atoms with Gasteiger partial charge in [0, 0.05) is 17.6 Å². The molecule has 0 radical (unpaired) electrons. The SMILES string of the molecule is CCC(C)n1ccc(CC(CC)(CC)CBr)n1. The standard InChI is InChI=1S/C14H25BrN2/c1-5-12(4)17-9-8-13(16-17)10-14(6-2,7-3)11-15/h8-9,12H,5-7,10-11H2,1-4H3. The van der Waals surface area contributed by atoms with Crippen LogP contribution in [0.2, 0.25) is 0 Å². The smallest absolute Gasteiger partial charge is 0.0630 e. The molecule has 0 aromatic carbocycles. The van der Waals surface area contributed by atoms with Gasteiger partial charge in [-0.05, 0) is 44.1 Å². The fourth-order valence-corrected chi connectivity index (χ4v) is 3.02. The number of halogens is 1. The van der Waals surface area contributed by atoms with Crippen LogP contribution in [0.15, 0.2) is 12.3 Å². The van der Waals surface area contributed by atoms with Crippen molar-refractivity contribution >= 4 is 15.9 Å². The van der Waals surface area contributed by atoms with Gasteiger partial charge in [-0.15, -0.1) is 0 Å². The van der Waals surface area contributed by atoms with Gasteiger partial charge in [0.15, 0.2) is 0 Å². The number of nitrogens with zero attached hydrogens (tertiary/aromatic N) is 2. The Kier molecular flexibility index (Phi) is 5.71. The van der Waals surface area contributed by atoms with Crippen molar-refractivity contribution in [3.05, 3.63) is 18.0 Å². The Morgan fingerprint density at radius 3 is 2.47 bits per heavy atom. The van der Waals surface area contributed by atoms with Crippen molar-refractivity contribution in [1.82, 2.24) is 9.78 Å². The largest absolute Gasteiger partial charge is 0.270 e. The first kappa shape index (κ1) is 14.7. The normalized spacial score (nSPS) is 13.9. The molecule has 0 N–H and O–H groups in total. The number of rotatable bonds is 7. The molecule has 0 aliphatic carbocycles. The van der Waals surface area contributed by atoms with Crippen molar-refractivity contribution in [3.8, 4) is 0 Å². The monoisotopic (exact) mass is 300 g/mol. The van der Waals surface area contributed by atoms with Crippen molar-refractivity contribution in [2.24, 2.45) is 5.41 Å². The van der Waals surface area contributed by atoms with E-state index >= 15 is 0 Å². The average Bonchev–Trinajstić information content (AvgIpc) is 2.83. The molecular formula is C14H25BrN2. The number of hydrogen-bond donors (Lipinski definition) is 0. The summed E-state index contributed by atoms with van der Waals surface area (Å²) in [4.78, 5) is 0. The van der Waals surface area contributed by atoms with E-state index < -0.39 is 0 Å². The third kappa shape index (κ3) is 3.57. The topological polar surface area (TPSA) is 17.8 Å². The predicted molar refractivity (Wildman–Crippen MR) is 77.7 cm³/mol. The zero-order chi connectivity index (χ0) is 12.9. The molecule has 1 rings (SSSR count). The quantitative estimate of drug-likeness (QED) is 0.673. The Labute approximate surface area is 114 Å². The third-order valence-electron chi connectivity index (χ3n) is 4.05. The van der Waals surface area contributed by atoms with E-state index in [1.165, 1.54) is 18.5 Å². The second-order valence-corrected chi connectivity index (χ2v) is 5.62. The van der Waals surface area contributed by atoms with E-state index in [0.29, 0.717) is 11.5 Å². The molecule has 1 heterocycles. The fraction of sp³-hybridized carbons (Fsp3) is 0.786. The first-order valence-electron chi connectivity index (χ1n) is 6.70. The summed E-state index contributed by atoms with van der Waals surface area (Å²) in [5.74, 6) is 0. The summed E-state index contributed by atoms with van der Waals surface area (Å²) < 4.78 is 2.10. The fourth-order valence-electron chi connectivity index (χ4n) is 2.02. The van der Waals surface area contributed by atoms with Crippen LogP contribution in [-0.4, -0.2) is 15.1 Å². The molecule has 0 bridgehead atoms. The summed E-state index contributed by atoms with van der Waals surface area (Å²) in [7, 11) is 0. The van der Waals surface area contributed by atoms with E-state index in [2.05, 4.69) is 60.6 Å². The maximum atomic E-state index is 4.71. The van der Waals surface area contributed by atoms with Gasteiger partial charge in [-0.3, -0.25) is 4.68 Å². The Morgan fingerprint density at radius 1 is 1.35 bits per heavy atom. The van der Waals surface area contributed by atoms with Gasteiger partial charge in [0.2, 0.25) is 0 Å². The lowest BCUT2D eigenvalue weighted by Gasteiger charge is -2.28. The second-order valence-electron chi connectivity index (χ2n) is 5.06. The summed E-state index contributed by atoms with van der Waals surface area (Å²) in [6.07, 6.45) is 6.73. The lowest BCUT2D eigenvalue weighted by Crippen LogP contribution is -2.24. The van der Waals surface area contributed by atoms with Crippen molar-refractivity contribution < 1.29 is 0 Å². The Balaban J connectivity index is 2.77. The van der Waals surface area contributed by atoms with E-state index in [1.54, 1.807) is 0 Å². The van der Waals surface area contributed by atoms with Crippen LogP contribution in [0.1, 0.15) is 58.7 Å². The van der Waals surface area contributed by atoms with Gasteiger partial charge in [0.1, 0.15) is 0 Å². The van der Waals surface area contributed by atoms with Crippen LogP contribution in [-0.2, 0) is 6.42 Å². The Morgan fingerprint density at radius 2 is 2.00 bits per heavy atom. The molecule has 0 spiro atoms. The summed E-state index contributed by atoms with van der Waals surface area (Å²) in [5.41, 5.74) is 1.60. The highest BCUT2D eigenvalue weighted by molar-refractivity contribution is 9.09. The van der Waals surface area contributed by atoms with Crippen LogP contribution < -0.4 is 0 Å². The van der Waals surface area contributed by atoms with Gasteiger partial charge in [0.05, 0.1) is 5.69 Å². The lowest BCUT2D eigenvalue weighted by atomic mass is 9.80. The van der Waals surface area contributed by atoms with Gasteiger partial charge in [-0.1, -0.05) is 36.7 Å². The van der Waals surface area contributed by atoms with E-state index in [-0.39, 0.29) is 0 Å². The zero-order valence-corrected chi connectivity index (χ0v) is 13.1.